The van der Waals surface area contributed by atoms with Crippen molar-refractivity contribution in [1.29, 1.82) is 0 Å². The van der Waals surface area contributed by atoms with Gasteiger partial charge in [0.25, 0.3) is 0 Å². The van der Waals surface area contributed by atoms with E-state index in [2.05, 4.69) is 29.4 Å². The van der Waals surface area contributed by atoms with Crippen LogP contribution < -0.4 is 14.8 Å². The van der Waals surface area contributed by atoms with Crippen molar-refractivity contribution in [1.82, 2.24) is 10.2 Å². The Bertz CT molecular complexity index is 709. The molecule has 3 rings (SSSR count). The van der Waals surface area contributed by atoms with Crippen LogP contribution in [-0.4, -0.2) is 29.8 Å². The van der Waals surface area contributed by atoms with E-state index in [1.165, 1.54) is 0 Å². The van der Waals surface area contributed by atoms with E-state index in [4.69, 9.17) is 9.47 Å². The second kappa shape index (κ2) is 6.32. The molecular weight excluding hydrogens is 294 g/mol. The second-order valence-corrected chi connectivity index (χ2v) is 6.09. The number of para-hydroxylation sites is 1. The van der Waals surface area contributed by atoms with E-state index in [-0.39, 0.29) is 11.8 Å². The summed E-state index contributed by atoms with van der Waals surface area (Å²) in [5, 5.41) is 9.69. The number of aromatic amines is 1. The molecule has 1 aliphatic rings. The molecule has 1 aliphatic heterocycles. The maximum Gasteiger partial charge on any atom is 0.226 e. The Hall–Kier alpha value is -2.50. The first-order chi connectivity index (χ1) is 11.1. The zero-order valence-corrected chi connectivity index (χ0v) is 13.6. The van der Waals surface area contributed by atoms with Gasteiger partial charge in [-0.25, -0.2) is 0 Å². The lowest BCUT2D eigenvalue weighted by Gasteiger charge is -2.25. The average Bonchev–Trinajstić information content (AvgIpc) is 2.99. The highest BCUT2D eigenvalue weighted by Gasteiger charge is 2.31. The molecule has 0 saturated carbocycles. The van der Waals surface area contributed by atoms with Crippen LogP contribution in [-0.2, 0) is 4.79 Å². The van der Waals surface area contributed by atoms with Crippen molar-refractivity contribution in [2.45, 2.75) is 26.2 Å². The van der Waals surface area contributed by atoms with Crippen LogP contribution in [0.5, 0.6) is 11.5 Å². The molecule has 122 valence electrons. The highest BCUT2D eigenvalue weighted by molar-refractivity contribution is 5.94. The third kappa shape index (κ3) is 3.02. The molecular formula is C17H21N3O3. The van der Waals surface area contributed by atoms with E-state index in [0.717, 1.165) is 11.1 Å². The average molecular weight is 315 g/mol. The number of nitrogens with zero attached hydrogens (tertiary/aromatic N) is 1. The number of hydrogen-bond acceptors (Lipinski definition) is 4. The Morgan fingerprint density at radius 1 is 1.35 bits per heavy atom. The van der Waals surface area contributed by atoms with Gasteiger partial charge in [0.05, 0.1) is 19.9 Å². The zero-order valence-electron chi connectivity index (χ0n) is 13.6. The van der Waals surface area contributed by atoms with Crippen molar-refractivity contribution < 1.29 is 14.3 Å². The number of ether oxygens (including phenoxy) is 2. The van der Waals surface area contributed by atoms with Crippen molar-refractivity contribution in [2.24, 2.45) is 5.92 Å². The number of methoxy groups -OCH3 is 1. The van der Waals surface area contributed by atoms with E-state index in [9.17, 15) is 4.79 Å². The fourth-order valence-electron chi connectivity index (χ4n) is 2.80. The Labute approximate surface area is 135 Å². The molecule has 0 saturated heterocycles. The number of hydrogen-bond donors (Lipinski definition) is 2. The van der Waals surface area contributed by atoms with Crippen LogP contribution in [0.1, 0.15) is 37.3 Å². The topological polar surface area (TPSA) is 76.2 Å². The lowest BCUT2D eigenvalue weighted by Crippen LogP contribution is -2.23. The first-order valence-corrected chi connectivity index (χ1v) is 7.73. The third-order valence-corrected chi connectivity index (χ3v) is 3.86. The van der Waals surface area contributed by atoms with Gasteiger partial charge in [-0.1, -0.05) is 26.0 Å². The third-order valence-electron chi connectivity index (χ3n) is 3.86. The quantitative estimate of drug-likeness (QED) is 0.889. The lowest BCUT2D eigenvalue weighted by atomic mass is 9.86. The van der Waals surface area contributed by atoms with Crippen LogP contribution in [0.15, 0.2) is 24.4 Å². The Morgan fingerprint density at radius 3 is 2.91 bits per heavy atom. The molecule has 1 atom stereocenters. The van der Waals surface area contributed by atoms with Crippen LogP contribution in [0, 0.1) is 5.92 Å². The van der Waals surface area contributed by atoms with Gasteiger partial charge in [-0.05, 0) is 12.0 Å². The van der Waals surface area contributed by atoms with Crippen LogP contribution in [0.25, 0.3) is 0 Å². The normalized spacial score (nSPS) is 16.9. The Balaban J connectivity index is 2.04. The van der Waals surface area contributed by atoms with Gasteiger partial charge in [0.1, 0.15) is 5.82 Å². The predicted octanol–water partition coefficient (Wildman–Crippen LogP) is 2.93. The smallest absolute Gasteiger partial charge is 0.226 e. The number of aromatic nitrogens is 2. The molecule has 23 heavy (non-hydrogen) atoms. The number of carbonyl (C=O) groups excluding carboxylic acids is 1. The zero-order chi connectivity index (χ0) is 16.4. The van der Waals surface area contributed by atoms with Crippen molar-refractivity contribution in [2.75, 3.05) is 19.0 Å². The van der Waals surface area contributed by atoms with Crippen molar-refractivity contribution in [3.8, 4) is 11.5 Å². The van der Waals surface area contributed by atoms with Crippen LogP contribution in [0.2, 0.25) is 0 Å². The molecule has 6 nitrogen and oxygen atoms in total. The van der Waals surface area contributed by atoms with Crippen LogP contribution in [0.3, 0.4) is 0 Å². The van der Waals surface area contributed by atoms with Crippen molar-refractivity contribution in [3.63, 3.8) is 0 Å². The maximum absolute atomic E-state index is 12.0. The van der Waals surface area contributed by atoms with Gasteiger partial charge in [0, 0.05) is 23.5 Å². The lowest BCUT2D eigenvalue weighted by molar-refractivity contribution is -0.116. The summed E-state index contributed by atoms with van der Waals surface area (Å²) in [6.07, 6.45) is 2.11. The van der Waals surface area contributed by atoms with E-state index in [1.807, 2.05) is 18.2 Å². The predicted molar refractivity (Wildman–Crippen MR) is 87.0 cm³/mol. The van der Waals surface area contributed by atoms with E-state index in [1.54, 1.807) is 13.3 Å². The molecule has 0 unspecified atom stereocenters. The standard InChI is InChI=1S/C17H21N3O3/c1-10(2)9-23-16-11(5-4-6-14(16)22-3)12-7-15(21)19-17-13(12)8-18-20-17/h4-6,8,10,12H,7,9H2,1-3H3,(H2,18,19,20,21)/t12-/m1/s1. The van der Waals surface area contributed by atoms with Gasteiger partial charge in [-0.3, -0.25) is 9.89 Å². The summed E-state index contributed by atoms with van der Waals surface area (Å²) in [5.41, 5.74) is 1.91. The minimum absolute atomic E-state index is 0.0376. The molecule has 2 N–H and O–H groups in total. The molecule has 1 aromatic carbocycles. The molecule has 0 bridgehead atoms. The molecule has 0 radical (unpaired) electrons. The van der Waals surface area contributed by atoms with Crippen LogP contribution in [0.4, 0.5) is 5.82 Å². The number of benzene rings is 1. The number of fused-ring (bicyclic) bond motifs is 1. The van der Waals surface area contributed by atoms with Gasteiger partial charge < -0.3 is 14.8 Å². The van der Waals surface area contributed by atoms with E-state index in [0.29, 0.717) is 36.3 Å². The fourth-order valence-corrected chi connectivity index (χ4v) is 2.80. The summed E-state index contributed by atoms with van der Waals surface area (Å²) in [6.45, 7) is 4.78. The summed E-state index contributed by atoms with van der Waals surface area (Å²) >= 11 is 0. The molecule has 2 aromatic rings. The minimum atomic E-state index is -0.102. The number of amides is 1. The second-order valence-electron chi connectivity index (χ2n) is 6.09. The molecule has 2 heterocycles. The number of carbonyl (C=O) groups is 1. The molecule has 1 amide bonds. The summed E-state index contributed by atoms with van der Waals surface area (Å²) in [7, 11) is 1.62. The van der Waals surface area contributed by atoms with Crippen molar-refractivity contribution >= 4 is 11.7 Å². The van der Waals surface area contributed by atoms with E-state index < -0.39 is 0 Å². The summed E-state index contributed by atoms with van der Waals surface area (Å²) in [4.78, 5) is 12.0. The highest BCUT2D eigenvalue weighted by Crippen LogP contribution is 2.43. The first kappa shape index (κ1) is 15.4. The minimum Gasteiger partial charge on any atom is -0.493 e. The van der Waals surface area contributed by atoms with Gasteiger partial charge in [-0.2, -0.15) is 5.10 Å². The number of rotatable bonds is 5. The highest BCUT2D eigenvalue weighted by atomic mass is 16.5. The molecule has 1 aromatic heterocycles. The molecule has 0 spiro atoms. The van der Waals surface area contributed by atoms with Gasteiger partial charge in [-0.15, -0.1) is 0 Å². The van der Waals surface area contributed by atoms with Crippen molar-refractivity contribution in [3.05, 3.63) is 35.5 Å². The van der Waals surface area contributed by atoms with Gasteiger partial charge in [0.2, 0.25) is 5.91 Å². The summed E-state index contributed by atoms with van der Waals surface area (Å²) in [5.74, 6) is 2.30. The largest absolute Gasteiger partial charge is 0.493 e. The molecule has 0 aliphatic carbocycles. The Kier molecular flexibility index (Phi) is 4.23. The van der Waals surface area contributed by atoms with E-state index >= 15 is 0 Å². The first-order valence-electron chi connectivity index (χ1n) is 7.73. The van der Waals surface area contributed by atoms with Gasteiger partial charge in [0.15, 0.2) is 11.5 Å². The number of H-pyrrole nitrogens is 1. The summed E-state index contributed by atoms with van der Waals surface area (Å²) < 4.78 is 11.5. The Morgan fingerprint density at radius 2 is 2.17 bits per heavy atom. The van der Waals surface area contributed by atoms with Crippen LogP contribution >= 0.6 is 0 Å². The SMILES string of the molecule is COc1cccc([C@H]2CC(=O)Nc3[nH]ncc32)c1OCC(C)C. The molecule has 6 heteroatoms. The fraction of sp³-hybridized carbons (Fsp3) is 0.412. The van der Waals surface area contributed by atoms with Gasteiger partial charge >= 0.3 is 0 Å². The number of nitrogens with one attached hydrogen (secondary N) is 2. The summed E-state index contributed by atoms with van der Waals surface area (Å²) in [6, 6.07) is 5.78. The maximum atomic E-state index is 12.0. The number of anilines is 1. The monoisotopic (exact) mass is 315 g/mol. The molecule has 0 fully saturated rings.